The lowest BCUT2D eigenvalue weighted by Crippen LogP contribution is -2.15. The molecule has 5 aromatic carbocycles. The molecule has 3 N–H and O–H groups in total. The summed E-state index contributed by atoms with van der Waals surface area (Å²) in [7, 11) is 4.84. The van der Waals surface area contributed by atoms with Crippen molar-refractivity contribution in [2.24, 2.45) is 0 Å². The number of halogens is 7. The molecule has 0 saturated heterocycles. The summed E-state index contributed by atoms with van der Waals surface area (Å²) in [5.74, 6) is -2.14. The summed E-state index contributed by atoms with van der Waals surface area (Å²) in [6, 6.07) is 25.3. The minimum Gasteiger partial charge on any atom is -0.497 e. The summed E-state index contributed by atoms with van der Waals surface area (Å²) in [5, 5.41) is 2.17. The molecular formula is C46H39Br2ClF4N4O6S2. The lowest BCUT2D eigenvalue weighted by Gasteiger charge is -2.06. The number of methoxy groups -OCH3 is 3. The number of anilines is 2. The number of nitrogens with zero attached hydrogens (tertiary/aromatic N) is 2. The number of rotatable bonds is 10. The molecule has 2 heterocycles. The van der Waals surface area contributed by atoms with E-state index < -0.39 is 45.5 Å². The molecule has 2 aromatic heterocycles. The van der Waals surface area contributed by atoms with E-state index in [0.29, 0.717) is 23.0 Å². The molecule has 7 aromatic rings. The summed E-state index contributed by atoms with van der Waals surface area (Å²) in [6.45, 7) is 5.32. The molecule has 0 aliphatic heterocycles. The van der Waals surface area contributed by atoms with Crippen LogP contribution >= 0.6 is 66.1 Å². The van der Waals surface area contributed by atoms with Gasteiger partial charge in [0.05, 0.1) is 42.5 Å². The Labute approximate surface area is 402 Å². The Kier molecular flexibility index (Phi) is 19.7. The van der Waals surface area contributed by atoms with Crippen molar-refractivity contribution in [1.82, 2.24) is 9.97 Å². The molecule has 0 aliphatic rings. The third-order valence-electron chi connectivity index (χ3n) is 8.60. The monoisotopic (exact) mass is 1080 g/mol. The van der Waals surface area contributed by atoms with Crippen LogP contribution in [0.15, 0.2) is 106 Å². The number of ether oxygens (including phenoxy) is 3. The van der Waals surface area contributed by atoms with Gasteiger partial charge in [0.25, 0.3) is 11.1 Å². The van der Waals surface area contributed by atoms with Crippen LogP contribution in [0, 0.1) is 37.1 Å². The summed E-state index contributed by atoms with van der Waals surface area (Å²) in [5.41, 5.74) is 8.89. The largest absolute Gasteiger partial charge is 0.497 e. The third-order valence-corrected chi connectivity index (χ3v) is 12.3. The zero-order chi connectivity index (χ0) is 48.0. The van der Waals surface area contributed by atoms with Crippen molar-refractivity contribution in [3.8, 4) is 38.1 Å². The summed E-state index contributed by atoms with van der Waals surface area (Å²) in [4.78, 5) is 43.8. The van der Waals surface area contributed by atoms with Crippen LogP contribution < -0.4 is 25.3 Å². The normalized spacial score (nSPS) is 10.2. The molecule has 0 fully saturated rings. The minimum absolute atomic E-state index is 0.170. The van der Waals surface area contributed by atoms with Crippen LogP contribution in [0.5, 0.6) is 17.2 Å². The number of nitrogens with two attached hydrogens (primary N) is 1. The molecule has 0 saturated carbocycles. The molecule has 0 spiro atoms. The molecule has 0 unspecified atom stereocenters. The minimum atomic E-state index is -1.12. The maximum Gasteiger partial charge on any atom is 0.263 e. The molecule has 10 nitrogen and oxygen atoms in total. The van der Waals surface area contributed by atoms with Gasteiger partial charge in [0, 0.05) is 26.5 Å². The van der Waals surface area contributed by atoms with Crippen molar-refractivity contribution < 1.29 is 46.2 Å². The summed E-state index contributed by atoms with van der Waals surface area (Å²) >= 11 is 14.6. The Balaban J connectivity index is 0.000000203. The van der Waals surface area contributed by atoms with Crippen molar-refractivity contribution in [3.05, 3.63) is 157 Å². The van der Waals surface area contributed by atoms with Crippen molar-refractivity contribution in [2.75, 3.05) is 32.4 Å². The molecule has 0 radical (unpaired) electrons. The van der Waals surface area contributed by atoms with Gasteiger partial charge in [-0.15, -0.1) is 0 Å². The van der Waals surface area contributed by atoms with E-state index in [1.807, 2.05) is 67.6 Å². The highest BCUT2D eigenvalue weighted by atomic mass is 79.9. The molecule has 0 aliphatic carbocycles. The molecule has 340 valence electrons. The number of nitrogens with one attached hydrogen (secondary N) is 1. The van der Waals surface area contributed by atoms with E-state index in [-0.39, 0.29) is 10.9 Å². The Morgan fingerprint density at radius 1 is 0.662 bits per heavy atom. The second kappa shape index (κ2) is 24.6. The lowest BCUT2D eigenvalue weighted by atomic mass is 10.1. The first-order valence-electron chi connectivity index (χ1n) is 18.8. The van der Waals surface area contributed by atoms with E-state index in [1.54, 1.807) is 35.2 Å². The number of benzene rings is 5. The number of hydrogen-bond acceptors (Lipinski definition) is 11. The van der Waals surface area contributed by atoms with Gasteiger partial charge in [-0.05, 0) is 111 Å². The van der Waals surface area contributed by atoms with Crippen LogP contribution in [0.4, 0.5) is 27.8 Å². The first-order chi connectivity index (χ1) is 30.9. The number of hydrogen-bond donors (Lipinski definition) is 2. The molecule has 65 heavy (non-hydrogen) atoms. The van der Waals surface area contributed by atoms with Crippen LogP contribution in [0.1, 0.15) is 44.6 Å². The van der Waals surface area contributed by atoms with Crippen molar-refractivity contribution in [1.29, 1.82) is 0 Å². The highest BCUT2D eigenvalue weighted by Gasteiger charge is 2.21. The van der Waals surface area contributed by atoms with Gasteiger partial charge >= 0.3 is 0 Å². The number of nitrogen functional groups attached to an aromatic ring is 1. The van der Waals surface area contributed by atoms with Gasteiger partial charge in [-0.3, -0.25) is 19.7 Å². The molecule has 0 bridgehead atoms. The predicted octanol–water partition coefficient (Wildman–Crippen LogP) is 13.1. The standard InChI is InChI=1S/C18H13BrF2N2O2S.C11H11BrN2OS.C10H12O2.C7H3ClF2O/c1-9-16(11-8-10(25-2)6-7-12(11)19)26-18(22-9)23-17(24)15-13(20)4-3-5-14(15)21;1-6-10(16-11(13)14-6)8-5-7(15-2)3-4-9(8)12;1-8(11)6-9-4-3-5-10(7-9)12-2;8-7(11)6-4(9)2-1-3-5(6)10/h3-8H,1-2H3,(H,22,23,24);3-5H,1-2H3,(H2,13,14);3-5,7H,6H2,1-2H3;1-3H. The van der Waals surface area contributed by atoms with Gasteiger partial charge in [-0.1, -0.05) is 78.8 Å². The van der Waals surface area contributed by atoms with Crippen molar-refractivity contribution in [3.63, 3.8) is 0 Å². The zero-order valence-electron chi connectivity index (χ0n) is 35.3. The number of aromatic nitrogens is 2. The van der Waals surface area contributed by atoms with E-state index in [0.717, 1.165) is 82.9 Å². The average Bonchev–Trinajstić information content (AvgIpc) is 3.79. The van der Waals surface area contributed by atoms with E-state index in [9.17, 15) is 31.9 Å². The van der Waals surface area contributed by atoms with E-state index in [1.165, 1.54) is 28.7 Å². The fourth-order valence-electron chi connectivity index (χ4n) is 5.61. The quantitative estimate of drug-likeness (QED) is 0.101. The highest BCUT2D eigenvalue weighted by molar-refractivity contribution is 9.11. The fourth-order valence-corrected chi connectivity index (χ4v) is 8.80. The Hall–Kier alpha value is -5.66. The van der Waals surface area contributed by atoms with Crippen LogP contribution in [-0.4, -0.2) is 48.2 Å². The first kappa shape index (κ1) is 52.0. The molecule has 19 heteroatoms. The van der Waals surface area contributed by atoms with Gasteiger partial charge in [0.2, 0.25) is 0 Å². The second-order valence-corrected chi connectivity index (χ2v) is 17.3. The summed E-state index contributed by atoms with van der Waals surface area (Å²) in [6.07, 6.45) is 0.483. The van der Waals surface area contributed by atoms with Crippen LogP contribution in [0.3, 0.4) is 0 Å². The van der Waals surface area contributed by atoms with Gasteiger partial charge in [0.1, 0.15) is 57.4 Å². The molecule has 0 atom stereocenters. The number of amides is 1. The number of aryl methyl sites for hydroxylation is 2. The van der Waals surface area contributed by atoms with E-state index in [4.69, 9.17) is 31.5 Å². The Morgan fingerprint density at radius 2 is 1.11 bits per heavy atom. The average molecular weight is 1080 g/mol. The summed E-state index contributed by atoms with van der Waals surface area (Å²) < 4.78 is 69.9. The van der Waals surface area contributed by atoms with Gasteiger partial charge < -0.3 is 19.9 Å². The molecule has 7 rings (SSSR count). The maximum absolute atomic E-state index is 13.8. The predicted molar refractivity (Wildman–Crippen MR) is 256 cm³/mol. The van der Waals surface area contributed by atoms with Gasteiger partial charge in [-0.25, -0.2) is 27.5 Å². The maximum atomic E-state index is 13.8. The first-order valence-corrected chi connectivity index (χ1v) is 22.4. The number of carbonyl (C=O) groups is 3. The molecular weight excluding hydrogens is 1040 g/mol. The Bertz CT molecular complexity index is 2770. The second-order valence-electron chi connectivity index (χ2n) is 13.2. The van der Waals surface area contributed by atoms with Crippen LogP contribution in [0.25, 0.3) is 20.9 Å². The van der Waals surface area contributed by atoms with Crippen LogP contribution in [0.2, 0.25) is 0 Å². The van der Waals surface area contributed by atoms with Gasteiger partial charge in [0.15, 0.2) is 10.3 Å². The number of thiazole rings is 2. The lowest BCUT2D eigenvalue weighted by molar-refractivity contribution is -0.116. The molecule has 1 amide bonds. The van der Waals surface area contributed by atoms with Crippen molar-refractivity contribution >= 4 is 93.3 Å². The topological polar surface area (TPSA) is 143 Å². The van der Waals surface area contributed by atoms with Crippen LogP contribution in [-0.2, 0) is 11.2 Å². The third kappa shape index (κ3) is 14.7. The number of Topliss-reactive ketones (excluding diaryl/α,β-unsaturated/α-hetero) is 1. The van der Waals surface area contributed by atoms with E-state index >= 15 is 0 Å². The number of carbonyl (C=O) groups excluding carboxylic acids is 3. The highest BCUT2D eigenvalue weighted by Crippen LogP contribution is 2.40. The fraction of sp³-hybridized carbons (Fsp3) is 0.152. The smallest absolute Gasteiger partial charge is 0.263 e. The van der Waals surface area contributed by atoms with Gasteiger partial charge in [-0.2, -0.15) is 0 Å². The Morgan fingerprint density at radius 3 is 1.54 bits per heavy atom. The van der Waals surface area contributed by atoms with E-state index in [2.05, 4.69) is 47.1 Å². The number of ketones is 1. The zero-order valence-corrected chi connectivity index (χ0v) is 40.9. The SMILES string of the molecule is COc1ccc(Br)c(-c2sc(N)nc2C)c1.COc1ccc(Br)c(-c2sc(NC(=O)c3c(F)cccc3F)nc2C)c1.COc1cccc(CC(C)=O)c1.O=C(Cl)c1c(F)cccc1F. The van der Waals surface area contributed by atoms with Crippen molar-refractivity contribution in [2.45, 2.75) is 27.2 Å².